The molecule has 166 valence electrons. The van der Waals surface area contributed by atoms with Crippen molar-refractivity contribution in [3.8, 4) is 11.3 Å². The predicted octanol–water partition coefficient (Wildman–Crippen LogP) is 6.90. The summed E-state index contributed by atoms with van der Waals surface area (Å²) in [7, 11) is 0. The molecule has 0 amide bonds. The van der Waals surface area contributed by atoms with E-state index in [1.165, 1.54) is 39.7 Å². The molecule has 5 rings (SSSR count). The molecule has 5 nitrogen and oxygen atoms in total. The summed E-state index contributed by atoms with van der Waals surface area (Å²) in [5.74, 6) is 0. The molecule has 0 radical (unpaired) electrons. The van der Waals surface area contributed by atoms with Gasteiger partial charge in [0, 0.05) is 11.4 Å². The Morgan fingerprint density at radius 1 is 1.03 bits per heavy atom. The number of rotatable bonds is 4. The van der Waals surface area contributed by atoms with E-state index in [1.54, 1.807) is 18.2 Å². The number of para-hydroxylation sites is 2. The molecule has 0 aliphatic heterocycles. The predicted molar refractivity (Wildman–Crippen MR) is 133 cm³/mol. The first-order valence-corrected chi connectivity index (χ1v) is 12.0. The second-order valence-corrected chi connectivity index (χ2v) is 9.37. The van der Waals surface area contributed by atoms with E-state index in [9.17, 15) is 10.1 Å². The molecule has 3 aromatic carbocycles. The highest BCUT2D eigenvalue weighted by atomic mass is 32.1. The maximum absolute atomic E-state index is 11.6. The van der Waals surface area contributed by atoms with Gasteiger partial charge in [0.25, 0.3) is 5.69 Å². The molecule has 1 unspecified atom stereocenters. The number of nitro benzene ring substituents is 1. The van der Waals surface area contributed by atoms with Gasteiger partial charge in [-0.15, -0.1) is 11.3 Å². The quantitative estimate of drug-likeness (QED) is 0.248. The standard InChI is InChI=1S/C27H25N3O2S/c1-18-14-15-21(16-19(18)2)26-17-33-27(28-23-11-5-6-12-25(23)30(31)32)29(26)24-13-7-9-20-8-3-4-10-22(20)24/h3-6,8,10-12,14-17,24H,7,9,13H2,1-2H3. The Bertz CT molecular complexity index is 1420. The maximum atomic E-state index is 11.6. The molecule has 1 aliphatic rings. The number of hydrogen-bond donors (Lipinski definition) is 0. The van der Waals surface area contributed by atoms with Crippen molar-refractivity contribution in [1.82, 2.24) is 4.57 Å². The average Bonchev–Trinajstić information content (AvgIpc) is 3.24. The number of nitrogens with zero attached hydrogens (tertiary/aromatic N) is 3. The van der Waals surface area contributed by atoms with E-state index in [1.807, 2.05) is 0 Å². The summed E-state index contributed by atoms with van der Waals surface area (Å²) in [6.45, 7) is 4.25. The summed E-state index contributed by atoms with van der Waals surface area (Å²) in [4.78, 5) is 16.8. The molecule has 0 saturated carbocycles. The van der Waals surface area contributed by atoms with Gasteiger partial charge in [0.05, 0.1) is 16.7 Å². The highest BCUT2D eigenvalue weighted by molar-refractivity contribution is 7.07. The van der Waals surface area contributed by atoms with Crippen LogP contribution in [0.25, 0.3) is 11.3 Å². The third-order valence-electron chi connectivity index (χ3n) is 6.49. The molecule has 4 aromatic rings. The van der Waals surface area contributed by atoms with Gasteiger partial charge in [-0.05, 0) is 73.1 Å². The van der Waals surface area contributed by atoms with Crippen molar-refractivity contribution in [3.05, 3.63) is 109 Å². The Labute approximate surface area is 196 Å². The highest BCUT2D eigenvalue weighted by Gasteiger charge is 2.25. The third-order valence-corrected chi connectivity index (χ3v) is 7.33. The molecule has 0 bridgehead atoms. The van der Waals surface area contributed by atoms with Crippen LogP contribution in [0.15, 0.2) is 77.1 Å². The van der Waals surface area contributed by atoms with E-state index in [2.05, 4.69) is 66.3 Å². The van der Waals surface area contributed by atoms with Crippen molar-refractivity contribution in [2.24, 2.45) is 4.99 Å². The molecular weight excluding hydrogens is 430 g/mol. The third kappa shape index (κ3) is 4.02. The zero-order valence-electron chi connectivity index (χ0n) is 18.7. The van der Waals surface area contributed by atoms with Gasteiger partial charge in [-0.2, -0.15) is 0 Å². The van der Waals surface area contributed by atoms with Gasteiger partial charge in [0.2, 0.25) is 0 Å². The largest absolute Gasteiger partial charge is 0.309 e. The minimum atomic E-state index is -0.364. The van der Waals surface area contributed by atoms with Crippen molar-refractivity contribution in [2.75, 3.05) is 0 Å². The van der Waals surface area contributed by atoms with E-state index in [0.29, 0.717) is 5.69 Å². The van der Waals surface area contributed by atoms with Crippen LogP contribution in [0.4, 0.5) is 11.4 Å². The van der Waals surface area contributed by atoms with E-state index in [0.717, 1.165) is 35.3 Å². The van der Waals surface area contributed by atoms with Crippen LogP contribution in [0.3, 0.4) is 0 Å². The Balaban J connectivity index is 1.77. The smallest absolute Gasteiger partial charge is 0.294 e. The number of benzene rings is 3. The first kappa shape index (κ1) is 21.3. The monoisotopic (exact) mass is 455 g/mol. The van der Waals surface area contributed by atoms with Gasteiger partial charge < -0.3 is 4.57 Å². The second-order valence-electron chi connectivity index (χ2n) is 8.54. The summed E-state index contributed by atoms with van der Waals surface area (Å²) < 4.78 is 2.30. The van der Waals surface area contributed by atoms with Crippen LogP contribution in [0, 0.1) is 24.0 Å². The molecule has 1 atom stereocenters. The topological polar surface area (TPSA) is 60.4 Å². The van der Waals surface area contributed by atoms with Gasteiger partial charge in [-0.1, -0.05) is 48.5 Å². The SMILES string of the molecule is Cc1ccc(-c2csc(=Nc3ccccc3[N+](=O)[O-])n2C2CCCc3ccccc32)cc1C. The Morgan fingerprint density at radius 2 is 1.82 bits per heavy atom. The number of hydrogen-bond acceptors (Lipinski definition) is 4. The number of nitro groups is 1. The van der Waals surface area contributed by atoms with Crippen LogP contribution in [0.5, 0.6) is 0 Å². The number of aromatic nitrogens is 1. The molecule has 0 N–H and O–H groups in total. The normalized spacial score (nSPS) is 15.9. The van der Waals surface area contributed by atoms with Crippen LogP contribution in [-0.2, 0) is 6.42 Å². The highest BCUT2D eigenvalue weighted by Crippen LogP contribution is 2.36. The van der Waals surface area contributed by atoms with Crippen molar-refractivity contribution in [1.29, 1.82) is 0 Å². The molecule has 0 fully saturated rings. The molecule has 1 aliphatic carbocycles. The lowest BCUT2D eigenvalue weighted by Crippen LogP contribution is -2.26. The van der Waals surface area contributed by atoms with Gasteiger partial charge in [-0.25, -0.2) is 4.99 Å². The number of fused-ring (bicyclic) bond motifs is 1. The minimum Gasteiger partial charge on any atom is -0.309 e. The lowest BCUT2D eigenvalue weighted by atomic mass is 9.87. The summed E-state index contributed by atoms with van der Waals surface area (Å²) in [6, 6.07) is 22.0. The van der Waals surface area contributed by atoms with E-state index >= 15 is 0 Å². The van der Waals surface area contributed by atoms with E-state index in [4.69, 9.17) is 4.99 Å². The summed E-state index contributed by atoms with van der Waals surface area (Å²) in [5, 5.41) is 13.7. The fraction of sp³-hybridized carbons (Fsp3) is 0.222. The van der Waals surface area contributed by atoms with Crippen LogP contribution in [-0.4, -0.2) is 9.49 Å². The molecule has 0 spiro atoms. The molecule has 1 heterocycles. The van der Waals surface area contributed by atoms with E-state index in [-0.39, 0.29) is 16.7 Å². The Hall–Kier alpha value is -3.51. The fourth-order valence-electron chi connectivity index (χ4n) is 4.63. The van der Waals surface area contributed by atoms with Crippen LogP contribution >= 0.6 is 11.3 Å². The second kappa shape index (κ2) is 8.79. The summed E-state index contributed by atoms with van der Waals surface area (Å²) >= 11 is 1.54. The van der Waals surface area contributed by atoms with Crippen LogP contribution in [0.1, 0.15) is 41.1 Å². The molecular formula is C27H25N3O2S. The zero-order chi connectivity index (χ0) is 22.9. The Kier molecular flexibility index (Phi) is 5.68. The fourth-order valence-corrected chi connectivity index (χ4v) is 5.58. The average molecular weight is 456 g/mol. The zero-order valence-corrected chi connectivity index (χ0v) is 19.5. The Morgan fingerprint density at radius 3 is 2.64 bits per heavy atom. The summed E-state index contributed by atoms with van der Waals surface area (Å²) in [5.41, 5.74) is 7.83. The van der Waals surface area contributed by atoms with Crippen LogP contribution < -0.4 is 4.80 Å². The molecule has 0 saturated heterocycles. The van der Waals surface area contributed by atoms with Crippen molar-refractivity contribution < 1.29 is 4.92 Å². The van der Waals surface area contributed by atoms with Gasteiger partial charge >= 0.3 is 0 Å². The van der Waals surface area contributed by atoms with Crippen LogP contribution in [0.2, 0.25) is 0 Å². The molecule has 6 heteroatoms. The van der Waals surface area contributed by atoms with Gasteiger partial charge in [-0.3, -0.25) is 10.1 Å². The van der Waals surface area contributed by atoms with Gasteiger partial charge in [0.1, 0.15) is 5.69 Å². The molecule has 1 aromatic heterocycles. The lowest BCUT2D eigenvalue weighted by Gasteiger charge is -2.28. The first-order valence-electron chi connectivity index (χ1n) is 11.2. The lowest BCUT2D eigenvalue weighted by molar-refractivity contribution is -0.384. The summed E-state index contributed by atoms with van der Waals surface area (Å²) in [6.07, 6.45) is 3.18. The first-order chi connectivity index (χ1) is 16.0. The van der Waals surface area contributed by atoms with Gasteiger partial charge in [0.15, 0.2) is 4.80 Å². The number of thiazole rings is 1. The van der Waals surface area contributed by atoms with Crippen molar-refractivity contribution in [2.45, 2.75) is 39.2 Å². The molecule has 33 heavy (non-hydrogen) atoms. The number of aryl methyl sites for hydroxylation is 3. The van der Waals surface area contributed by atoms with Crippen molar-refractivity contribution in [3.63, 3.8) is 0 Å². The van der Waals surface area contributed by atoms with Crippen molar-refractivity contribution >= 4 is 22.7 Å². The minimum absolute atomic E-state index is 0.0224. The van der Waals surface area contributed by atoms with E-state index < -0.39 is 0 Å². The maximum Gasteiger partial charge on any atom is 0.294 e.